The van der Waals surface area contributed by atoms with Crippen molar-refractivity contribution in [1.82, 2.24) is 0 Å². The second kappa shape index (κ2) is 36.5. The molecule has 0 rings (SSSR count). The van der Waals surface area contributed by atoms with Gasteiger partial charge in [0.1, 0.15) is 0 Å². The van der Waals surface area contributed by atoms with E-state index in [9.17, 15) is 0 Å². The Kier molecular flexibility index (Phi) is 314. The first-order valence-electron chi connectivity index (χ1n) is 0. The zero-order chi connectivity index (χ0) is 0. The molecule has 6 heavy (non-hydrogen) atoms. The van der Waals surface area contributed by atoms with Gasteiger partial charge in [-0.05, 0) is 0 Å². The summed E-state index contributed by atoms with van der Waals surface area (Å²) >= 11 is 0. The van der Waals surface area contributed by atoms with Crippen molar-refractivity contribution in [1.29, 1.82) is 0 Å². The predicted molar refractivity (Wildman–Crippen MR) is 32.8 cm³/mol. The van der Waals surface area contributed by atoms with Gasteiger partial charge in [0.2, 0.25) is 0 Å². The molecule has 0 nitrogen and oxygen atoms in total. The van der Waals surface area contributed by atoms with Crippen molar-refractivity contribution in [3.05, 3.63) is 0 Å². The number of rotatable bonds is 0. The van der Waals surface area contributed by atoms with Crippen LogP contribution in [0.25, 0.3) is 0 Å². The quantitative estimate of drug-likeness (QED) is 0.362. The third-order valence-electron chi connectivity index (χ3n) is 0. The van der Waals surface area contributed by atoms with Gasteiger partial charge in [0, 0.05) is 33.3 Å². The first-order chi connectivity index (χ1) is 0. The van der Waals surface area contributed by atoms with Crippen LogP contribution in [0.4, 0.5) is 0 Å². The van der Waals surface area contributed by atoms with Crippen LogP contribution in [0.15, 0.2) is 0 Å². The summed E-state index contributed by atoms with van der Waals surface area (Å²) < 4.78 is 0. The van der Waals surface area contributed by atoms with E-state index in [4.69, 9.17) is 0 Å². The molecule has 0 fully saturated rings. The Hall–Kier alpha value is 3.90. The van der Waals surface area contributed by atoms with Crippen molar-refractivity contribution in [3.8, 4) is 0 Å². The minimum atomic E-state index is 0. The van der Waals surface area contributed by atoms with Crippen molar-refractivity contribution in [2.24, 2.45) is 0 Å². The van der Waals surface area contributed by atoms with Crippen LogP contribution >= 0.6 is 0 Å². The topological polar surface area (TPSA) is 0 Å². The van der Waals surface area contributed by atoms with Gasteiger partial charge in [-0.2, -0.15) is 0 Å². The molecule has 0 unspecified atom stereocenters. The molecule has 0 saturated heterocycles. The third-order valence-corrected chi connectivity index (χ3v) is 0. The minimum Gasteiger partial charge on any atom is 0 e. The molecule has 0 bridgehead atoms. The molecular formula is H7AlCoLiMgNaNi. The van der Waals surface area contributed by atoms with Crippen LogP contribution in [0, 0.1) is 0 Å². The molecule has 0 atom stereocenters. The smallest absolute Gasteiger partial charge is 0 e. The molecular weight excluding hydrogens is 199 g/mol. The minimum absolute atomic E-state index is 0. The van der Waals surface area contributed by atoms with Crippen LogP contribution in [0.5, 0.6) is 0 Å². The Morgan fingerprint density at radius 1 is 1.00 bits per heavy atom. The second-order valence-corrected chi connectivity index (χ2v) is 0. The molecule has 33 valence electrons. The van der Waals surface area contributed by atoms with Gasteiger partial charge in [0.25, 0.3) is 0 Å². The summed E-state index contributed by atoms with van der Waals surface area (Å²) in [6, 6.07) is 0. The Morgan fingerprint density at radius 2 is 1.00 bits per heavy atom. The third kappa shape index (κ3) is 24.7. The van der Waals surface area contributed by atoms with E-state index in [1.807, 2.05) is 0 Å². The van der Waals surface area contributed by atoms with E-state index < -0.39 is 0 Å². The van der Waals surface area contributed by atoms with Gasteiger partial charge in [0.15, 0.2) is 17.4 Å². The average molecular weight is 206 g/mol. The summed E-state index contributed by atoms with van der Waals surface area (Å²) in [6.45, 7) is 0. The first-order valence-corrected chi connectivity index (χ1v) is 0. The fraction of sp³-hybridized carbons (Fsp3) is 0. The largest absolute Gasteiger partial charge is 0 e. The molecule has 0 aliphatic carbocycles. The van der Waals surface area contributed by atoms with E-state index in [1.165, 1.54) is 0 Å². The second-order valence-electron chi connectivity index (χ2n) is 0. The van der Waals surface area contributed by atoms with Crippen molar-refractivity contribution in [3.63, 3.8) is 0 Å². The standard InChI is InChI=1S/Al.Co.Li.Mg.Na.Ni.7H. The fourth-order valence-electron chi connectivity index (χ4n) is 0. The molecule has 0 aliphatic rings. The molecule has 0 aromatic carbocycles. The van der Waals surface area contributed by atoms with Gasteiger partial charge < -0.3 is 0 Å². The van der Waals surface area contributed by atoms with Crippen LogP contribution in [-0.4, -0.2) is 88.8 Å². The number of hydrogen-bond donors (Lipinski definition) is 0. The normalized spacial score (nSPS) is 0. The SMILES string of the molecule is [AlH3].[Co].[LiH].[MgH2].[NaH].[Ni]. The monoisotopic (exact) mass is 205 g/mol. The van der Waals surface area contributed by atoms with Crippen LogP contribution < -0.4 is 0 Å². The predicted octanol–water partition coefficient (Wildman–Crippen LogP) is -3.40. The van der Waals surface area contributed by atoms with Gasteiger partial charge in [-0.1, -0.05) is 0 Å². The molecule has 0 N–H and O–H groups in total. The van der Waals surface area contributed by atoms with Crippen molar-refractivity contribution < 1.29 is 33.3 Å². The maximum Gasteiger partial charge on any atom is 0 e. The van der Waals surface area contributed by atoms with Crippen LogP contribution in [0.1, 0.15) is 0 Å². The Balaban J connectivity index is 0. The van der Waals surface area contributed by atoms with Gasteiger partial charge in [0.05, 0.1) is 0 Å². The Morgan fingerprint density at radius 3 is 1.00 bits per heavy atom. The van der Waals surface area contributed by atoms with Crippen molar-refractivity contribution >= 4 is 88.8 Å². The summed E-state index contributed by atoms with van der Waals surface area (Å²) in [4.78, 5) is 0. The molecule has 0 aliphatic heterocycles. The van der Waals surface area contributed by atoms with Crippen LogP contribution in [-0.2, 0) is 33.3 Å². The van der Waals surface area contributed by atoms with Crippen molar-refractivity contribution in [2.75, 3.05) is 0 Å². The van der Waals surface area contributed by atoms with E-state index in [-0.39, 0.29) is 122 Å². The van der Waals surface area contributed by atoms with Gasteiger partial charge in [-0.25, -0.2) is 0 Å². The molecule has 0 aromatic heterocycles. The van der Waals surface area contributed by atoms with E-state index in [0.717, 1.165) is 0 Å². The van der Waals surface area contributed by atoms with Crippen LogP contribution in [0.3, 0.4) is 0 Å². The molecule has 0 aromatic rings. The van der Waals surface area contributed by atoms with E-state index in [2.05, 4.69) is 0 Å². The van der Waals surface area contributed by atoms with E-state index in [0.29, 0.717) is 0 Å². The summed E-state index contributed by atoms with van der Waals surface area (Å²) in [5.41, 5.74) is 0. The molecule has 0 saturated carbocycles. The summed E-state index contributed by atoms with van der Waals surface area (Å²) in [6.07, 6.45) is 0. The van der Waals surface area contributed by atoms with Gasteiger partial charge in [-0.15, -0.1) is 0 Å². The maximum absolute atomic E-state index is 0. The maximum atomic E-state index is 0. The Labute approximate surface area is 120 Å². The summed E-state index contributed by atoms with van der Waals surface area (Å²) in [7, 11) is 0. The van der Waals surface area contributed by atoms with Gasteiger partial charge in [-0.3, -0.25) is 0 Å². The van der Waals surface area contributed by atoms with E-state index >= 15 is 0 Å². The molecule has 6 heteroatoms. The zero-order valence-electron chi connectivity index (χ0n) is 0.650. The molecule has 0 amide bonds. The Bertz CT molecular complexity index is 15.5. The van der Waals surface area contributed by atoms with Gasteiger partial charge >= 0.3 is 71.5 Å². The molecule has 1 radical (unpaired) electrons. The summed E-state index contributed by atoms with van der Waals surface area (Å²) in [5, 5.41) is 0. The molecule has 0 heterocycles. The fourth-order valence-corrected chi connectivity index (χ4v) is 0. The number of hydrogen-bond acceptors (Lipinski definition) is 0. The average Bonchev–Trinajstić information content (AvgIpc) is 0. The van der Waals surface area contributed by atoms with Crippen LogP contribution in [0.2, 0.25) is 0 Å². The van der Waals surface area contributed by atoms with E-state index in [1.54, 1.807) is 0 Å². The summed E-state index contributed by atoms with van der Waals surface area (Å²) in [5.74, 6) is 0. The van der Waals surface area contributed by atoms with Crippen molar-refractivity contribution in [2.45, 2.75) is 0 Å². The molecule has 0 spiro atoms. The first kappa shape index (κ1) is 51.6. The zero-order valence-corrected chi connectivity index (χ0v) is 2.68.